The Morgan fingerprint density at radius 2 is 1.72 bits per heavy atom. The molecule has 0 atom stereocenters. The SMILES string of the molecule is CC(C)(CNC(=O)c1ccc(Nc2nc3c(N4CCC(O)(c5ccc(Cl)cc5)CC4)cccn3n2)cc1)N1CCOCC1. The van der Waals surface area contributed by atoms with Crippen LogP contribution >= 0.6 is 11.6 Å². The first-order valence-corrected chi connectivity index (χ1v) is 15.1. The smallest absolute Gasteiger partial charge is 0.251 e. The van der Waals surface area contributed by atoms with E-state index >= 15 is 0 Å². The number of carbonyl (C=O) groups excluding carboxylic acids is 1. The number of piperidine rings is 1. The number of nitrogens with one attached hydrogen (secondary N) is 2. The molecule has 2 aromatic carbocycles. The van der Waals surface area contributed by atoms with Gasteiger partial charge in [0, 0.05) is 60.7 Å². The van der Waals surface area contributed by atoms with Gasteiger partial charge in [0.15, 0.2) is 5.65 Å². The highest BCUT2D eigenvalue weighted by Gasteiger charge is 2.35. The number of amides is 1. The third kappa shape index (κ3) is 6.47. The van der Waals surface area contributed by atoms with Crippen molar-refractivity contribution in [3.63, 3.8) is 0 Å². The van der Waals surface area contributed by atoms with Gasteiger partial charge in [-0.1, -0.05) is 23.7 Å². The number of fused-ring (bicyclic) bond motifs is 1. The zero-order valence-corrected chi connectivity index (χ0v) is 25.3. The summed E-state index contributed by atoms with van der Waals surface area (Å²) in [5, 5.41) is 22.9. The lowest BCUT2D eigenvalue weighted by Crippen LogP contribution is -2.55. The van der Waals surface area contributed by atoms with Crippen molar-refractivity contribution in [3.05, 3.63) is 83.0 Å². The molecular formula is C32H38ClN7O3. The van der Waals surface area contributed by atoms with Crippen LogP contribution in [0.25, 0.3) is 5.65 Å². The fraction of sp³-hybridized carbons (Fsp3) is 0.406. The van der Waals surface area contributed by atoms with Crippen molar-refractivity contribution >= 4 is 40.5 Å². The zero-order valence-electron chi connectivity index (χ0n) is 24.6. The van der Waals surface area contributed by atoms with Crippen LogP contribution in [0.5, 0.6) is 0 Å². The van der Waals surface area contributed by atoms with Crippen molar-refractivity contribution in [1.82, 2.24) is 24.8 Å². The highest BCUT2D eigenvalue weighted by atomic mass is 35.5. The Morgan fingerprint density at radius 1 is 1.02 bits per heavy atom. The molecule has 2 saturated heterocycles. The predicted octanol–water partition coefficient (Wildman–Crippen LogP) is 4.45. The summed E-state index contributed by atoms with van der Waals surface area (Å²) in [6, 6.07) is 18.8. The molecule has 226 valence electrons. The first-order chi connectivity index (χ1) is 20.7. The summed E-state index contributed by atoms with van der Waals surface area (Å²) in [7, 11) is 0. The van der Waals surface area contributed by atoms with E-state index in [4.69, 9.17) is 21.3 Å². The molecule has 0 spiro atoms. The maximum absolute atomic E-state index is 12.9. The molecular weight excluding hydrogens is 566 g/mol. The van der Waals surface area contributed by atoms with Crippen LogP contribution in [-0.4, -0.2) is 82.0 Å². The van der Waals surface area contributed by atoms with Crippen LogP contribution in [0.3, 0.4) is 0 Å². The Labute approximate surface area is 256 Å². The van der Waals surface area contributed by atoms with E-state index in [-0.39, 0.29) is 11.4 Å². The second-order valence-corrected chi connectivity index (χ2v) is 12.4. The van der Waals surface area contributed by atoms with Crippen molar-refractivity contribution in [3.8, 4) is 0 Å². The first-order valence-electron chi connectivity index (χ1n) is 14.8. The molecule has 0 radical (unpaired) electrons. The number of aliphatic hydroxyl groups is 1. The van der Waals surface area contributed by atoms with Crippen LogP contribution in [0.1, 0.15) is 42.6 Å². The number of pyridine rings is 1. The summed E-state index contributed by atoms with van der Waals surface area (Å²) < 4.78 is 7.22. The third-order valence-corrected chi connectivity index (χ3v) is 8.86. The summed E-state index contributed by atoms with van der Waals surface area (Å²) >= 11 is 6.04. The Balaban J connectivity index is 1.08. The van der Waals surface area contributed by atoms with E-state index < -0.39 is 5.60 Å². The van der Waals surface area contributed by atoms with Crippen LogP contribution in [0.4, 0.5) is 17.3 Å². The number of hydrogen-bond donors (Lipinski definition) is 3. The van der Waals surface area contributed by atoms with Gasteiger partial charge >= 0.3 is 0 Å². The van der Waals surface area contributed by atoms with Crippen LogP contribution in [0, 0.1) is 0 Å². The number of anilines is 3. The van der Waals surface area contributed by atoms with Gasteiger partial charge in [0.1, 0.15) is 0 Å². The minimum Gasteiger partial charge on any atom is -0.385 e. The van der Waals surface area contributed by atoms with E-state index in [9.17, 15) is 9.90 Å². The highest BCUT2D eigenvalue weighted by molar-refractivity contribution is 6.30. The molecule has 0 aliphatic carbocycles. The monoisotopic (exact) mass is 603 g/mol. The van der Waals surface area contributed by atoms with E-state index in [1.807, 2.05) is 54.7 Å². The maximum atomic E-state index is 12.9. The zero-order chi connectivity index (χ0) is 30.0. The summed E-state index contributed by atoms with van der Waals surface area (Å²) in [5.74, 6) is 0.361. The molecule has 3 N–H and O–H groups in total. The molecule has 2 fully saturated rings. The van der Waals surface area contributed by atoms with Gasteiger partial charge < -0.3 is 25.4 Å². The van der Waals surface area contributed by atoms with E-state index in [2.05, 4.69) is 39.4 Å². The Morgan fingerprint density at radius 3 is 2.42 bits per heavy atom. The molecule has 10 nitrogen and oxygen atoms in total. The lowest BCUT2D eigenvalue weighted by atomic mass is 9.84. The third-order valence-electron chi connectivity index (χ3n) is 8.61. The van der Waals surface area contributed by atoms with Crippen LogP contribution in [-0.2, 0) is 10.3 Å². The standard InChI is InChI=1S/C32H38ClN7O3/c1-31(2,39-18-20-43-21-19-39)22-34-29(41)23-5-11-26(12-6-23)35-30-36-28-27(4-3-15-40(28)37-30)38-16-13-32(42,14-17-38)24-7-9-25(33)10-8-24/h3-12,15,42H,13-14,16-22H2,1-2H3,(H,34,41)(H,35,37). The van der Waals surface area contributed by atoms with Gasteiger partial charge in [-0.25, -0.2) is 4.52 Å². The number of carbonyl (C=O) groups is 1. The molecule has 4 heterocycles. The van der Waals surface area contributed by atoms with Crippen molar-refractivity contribution < 1.29 is 14.6 Å². The normalized spacial score (nSPS) is 17.6. The number of halogens is 1. The number of hydrogen-bond acceptors (Lipinski definition) is 8. The summed E-state index contributed by atoms with van der Waals surface area (Å²) in [5.41, 5.74) is 2.94. The van der Waals surface area contributed by atoms with Gasteiger partial charge in [-0.05, 0) is 80.8 Å². The molecule has 2 aromatic heterocycles. The Bertz CT molecular complexity index is 1560. The number of ether oxygens (including phenoxy) is 1. The van der Waals surface area contributed by atoms with E-state index in [0.29, 0.717) is 49.0 Å². The number of aromatic nitrogens is 3. The molecule has 2 aliphatic heterocycles. The van der Waals surface area contributed by atoms with Crippen molar-refractivity contribution in [2.75, 3.05) is 56.2 Å². The van der Waals surface area contributed by atoms with E-state index in [1.54, 1.807) is 16.6 Å². The maximum Gasteiger partial charge on any atom is 0.251 e. The lowest BCUT2D eigenvalue weighted by Gasteiger charge is -2.40. The molecule has 0 bridgehead atoms. The second-order valence-electron chi connectivity index (χ2n) is 11.9. The fourth-order valence-electron chi connectivity index (χ4n) is 5.87. The number of rotatable bonds is 8. The summed E-state index contributed by atoms with van der Waals surface area (Å²) in [6.45, 7) is 9.39. The van der Waals surface area contributed by atoms with Crippen LogP contribution in [0.2, 0.25) is 5.02 Å². The van der Waals surface area contributed by atoms with Gasteiger partial charge in [0.25, 0.3) is 5.91 Å². The minimum absolute atomic E-state index is 0.104. The van der Waals surface area contributed by atoms with Gasteiger partial charge in [-0.3, -0.25) is 9.69 Å². The number of benzene rings is 2. The quantitative estimate of drug-likeness (QED) is 0.271. The lowest BCUT2D eigenvalue weighted by molar-refractivity contribution is -0.00923. The van der Waals surface area contributed by atoms with Gasteiger partial charge in [0.2, 0.25) is 5.95 Å². The Kier molecular flexibility index (Phi) is 8.28. The Hall–Kier alpha value is -3.70. The number of nitrogens with zero attached hydrogens (tertiary/aromatic N) is 5. The number of morpholine rings is 1. The average Bonchev–Trinajstić information content (AvgIpc) is 3.44. The fourth-order valence-corrected chi connectivity index (χ4v) is 6.00. The largest absolute Gasteiger partial charge is 0.385 e. The van der Waals surface area contributed by atoms with E-state index in [1.165, 1.54) is 0 Å². The van der Waals surface area contributed by atoms with Crippen LogP contribution in [0.15, 0.2) is 66.9 Å². The van der Waals surface area contributed by atoms with Gasteiger partial charge in [-0.2, -0.15) is 4.98 Å². The van der Waals surface area contributed by atoms with E-state index in [0.717, 1.165) is 48.9 Å². The molecule has 43 heavy (non-hydrogen) atoms. The average molecular weight is 604 g/mol. The van der Waals surface area contributed by atoms with Gasteiger partial charge in [0.05, 0.1) is 24.5 Å². The summed E-state index contributed by atoms with van der Waals surface area (Å²) in [6.07, 6.45) is 3.07. The van der Waals surface area contributed by atoms with Crippen molar-refractivity contribution in [1.29, 1.82) is 0 Å². The molecule has 11 heteroatoms. The molecule has 0 unspecified atom stereocenters. The summed E-state index contributed by atoms with van der Waals surface area (Å²) in [4.78, 5) is 22.2. The minimum atomic E-state index is -0.880. The predicted molar refractivity (Wildman–Crippen MR) is 168 cm³/mol. The molecule has 6 rings (SSSR count). The molecule has 4 aromatic rings. The highest BCUT2D eigenvalue weighted by Crippen LogP contribution is 2.36. The van der Waals surface area contributed by atoms with Crippen LogP contribution < -0.4 is 15.5 Å². The molecule has 0 saturated carbocycles. The second kappa shape index (κ2) is 12.1. The van der Waals surface area contributed by atoms with Crippen molar-refractivity contribution in [2.45, 2.75) is 37.8 Å². The first kappa shape index (κ1) is 29.4. The van der Waals surface area contributed by atoms with Gasteiger partial charge in [-0.15, -0.1) is 5.10 Å². The van der Waals surface area contributed by atoms with Crippen molar-refractivity contribution in [2.24, 2.45) is 0 Å². The molecule has 2 aliphatic rings. The topological polar surface area (TPSA) is 107 Å². The molecule has 1 amide bonds.